The maximum Gasteiger partial charge on any atom is 0.258 e. The Hall–Kier alpha value is -3.19. The first-order valence-electron chi connectivity index (χ1n) is 12.2. The third-order valence-electron chi connectivity index (χ3n) is 7.03. The van der Waals surface area contributed by atoms with Crippen LogP contribution in [-0.4, -0.2) is 47.6 Å². The quantitative estimate of drug-likeness (QED) is 0.445. The smallest absolute Gasteiger partial charge is 0.258 e. The molecule has 2 N–H and O–H groups in total. The van der Waals surface area contributed by atoms with Crippen molar-refractivity contribution in [2.45, 2.75) is 44.9 Å². The second-order valence-electron chi connectivity index (χ2n) is 9.33. The van der Waals surface area contributed by atoms with Gasteiger partial charge in [0.2, 0.25) is 0 Å². The topological polar surface area (TPSA) is 72.9 Å². The highest BCUT2D eigenvalue weighted by Crippen LogP contribution is 2.37. The SMILES string of the molecule is CC(O)C(C)N(C)C1CCCN(C(=O)c2ccc(NC(=O)c3ccccc3Cl)cc2)c2ccccc21. The standard InChI is InChI=1S/C29H32ClN3O3/c1-19(20(2)34)32(3)26-13-8-18-33(27-12-7-5-10-24(26)27)29(36)21-14-16-22(17-15-21)31-28(35)23-9-4-6-11-25(23)30/h4-7,9-12,14-17,19-20,26,34H,8,13,18H2,1-3H3,(H,31,35). The van der Waals surface area contributed by atoms with Gasteiger partial charge in [-0.15, -0.1) is 0 Å². The number of aliphatic hydroxyl groups excluding tert-OH is 1. The summed E-state index contributed by atoms with van der Waals surface area (Å²) in [6.45, 7) is 4.43. The first-order valence-corrected chi connectivity index (χ1v) is 12.6. The fraction of sp³-hybridized carbons (Fsp3) is 0.310. The van der Waals surface area contributed by atoms with E-state index in [1.807, 2.05) is 37.1 Å². The van der Waals surface area contributed by atoms with E-state index in [0.29, 0.717) is 28.4 Å². The molecule has 7 heteroatoms. The van der Waals surface area contributed by atoms with Crippen LogP contribution in [0.5, 0.6) is 0 Å². The number of anilines is 2. The Bertz CT molecular complexity index is 1230. The normalized spacial score (nSPS) is 17.2. The minimum Gasteiger partial charge on any atom is -0.392 e. The van der Waals surface area contributed by atoms with Gasteiger partial charge in [-0.1, -0.05) is 41.9 Å². The molecule has 0 spiro atoms. The van der Waals surface area contributed by atoms with E-state index >= 15 is 0 Å². The predicted molar refractivity (Wildman–Crippen MR) is 145 cm³/mol. The summed E-state index contributed by atoms with van der Waals surface area (Å²) in [5, 5.41) is 13.4. The molecule has 2 amide bonds. The fourth-order valence-electron chi connectivity index (χ4n) is 4.69. The van der Waals surface area contributed by atoms with E-state index in [-0.39, 0.29) is 23.9 Å². The van der Waals surface area contributed by atoms with Crippen LogP contribution in [0.15, 0.2) is 72.8 Å². The van der Waals surface area contributed by atoms with E-state index in [9.17, 15) is 14.7 Å². The monoisotopic (exact) mass is 505 g/mol. The van der Waals surface area contributed by atoms with Crippen LogP contribution in [0.2, 0.25) is 5.02 Å². The lowest BCUT2D eigenvalue weighted by atomic mass is 9.98. The lowest BCUT2D eigenvalue weighted by molar-refractivity contribution is 0.0586. The summed E-state index contributed by atoms with van der Waals surface area (Å²) in [6.07, 6.45) is 1.27. The average Bonchev–Trinajstić information content (AvgIpc) is 3.08. The molecule has 1 aliphatic heterocycles. The van der Waals surface area contributed by atoms with Crippen LogP contribution >= 0.6 is 11.6 Å². The number of benzene rings is 3. The van der Waals surface area contributed by atoms with E-state index in [1.54, 1.807) is 55.5 Å². The number of fused-ring (bicyclic) bond motifs is 1. The molecule has 0 fully saturated rings. The molecule has 0 radical (unpaired) electrons. The maximum atomic E-state index is 13.6. The van der Waals surface area contributed by atoms with Crippen molar-refractivity contribution in [3.8, 4) is 0 Å². The molecule has 0 saturated carbocycles. The van der Waals surface area contributed by atoms with E-state index in [0.717, 1.165) is 24.1 Å². The number of aliphatic hydroxyl groups is 1. The number of rotatable bonds is 6. The highest BCUT2D eigenvalue weighted by molar-refractivity contribution is 6.34. The summed E-state index contributed by atoms with van der Waals surface area (Å²) >= 11 is 6.13. The molecule has 0 aliphatic carbocycles. The van der Waals surface area contributed by atoms with Crippen LogP contribution < -0.4 is 10.2 Å². The summed E-state index contributed by atoms with van der Waals surface area (Å²) in [4.78, 5) is 30.2. The van der Waals surface area contributed by atoms with Gasteiger partial charge in [-0.2, -0.15) is 0 Å². The summed E-state index contributed by atoms with van der Waals surface area (Å²) in [6, 6.07) is 21.9. The predicted octanol–water partition coefficient (Wildman–Crippen LogP) is 5.78. The molecular weight excluding hydrogens is 474 g/mol. The van der Waals surface area contributed by atoms with Crippen molar-refractivity contribution in [1.29, 1.82) is 0 Å². The van der Waals surface area contributed by atoms with Crippen molar-refractivity contribution in [1.82, 2.24) is 4.90 Å². The number of carbonyl (C=O) groups is 2. The molecule has 0 saturated heterocycles. The zero-order chi connectivity index (χ0) is 25.8. The number of nitrogens with zero attached hydrogens (tertiary/aromatic N) is 2. The van der Waals surface area contributed by atoms with Crippen molar-refractivity contribution in [3.05, 3.63) is 94.5 Å². The van der Waals surface area contributed by atoms with E-state index in [1.165, 1.54) is 0 Å². The highest BCUT2D eigenvalue weighted by atomic mass is 35.5. The van der Waals surface area contributed by atoms with Crippen LogP contribution in [0.3, 0.4) is 0 Å². The van der Waals surface area contributed by atoms with Crippen LogP contribution in [0.25, 0.3) is 0 Å². The largest absolute Gasteiger partial charge is 0.392 e. The van der Waals surface area contributed by atoms with Crippen molar-refractivity contribution < 1.29 is 14.7 Å². The van der Waals surface area contributed by atoms with Gasteiger partial charge in [0.05, 0.1) is 16.7 Å². The summed E-state index contributed by atoms with van der Waals surface area (Å²) in [5.41, 5.74) is 3.50. The number of amides is 2. The molecule has 1 aliphatic rings. The van der Waals surface area contributed by atoms with Gasteiger partial charge in [0.1, 0.15) is 0 Å². The second-order valence-corrected chi connectivity index (χ2v) is 9.74. The number of hydrogen-bond donors (Lipinski definition) is 2. The fourth-order valence-corrected chi connectivity index (χ4v) is 4.91. The maximum absolute atomic E-state index is 13.6. The summed E-state index contributed by atoms with van der Waals surface area (Å²) < 4.78 is 0. The van der Waals surface area contributed by atoms with Crippen molar-refractivity contribution in [2.24, 2.45) is 0 Å². The molecule has 6 nitrogen and oxygen atoms in total. The minimum atomic E-state index is -0.458. The average molecular weight is 506 g/mol. The molecule has 36 heavy (non-hydrogen) atoms. The molecule has 1 heterocycles. The molecule has 3 aromatic carbocycles. The molecule has 188 valence electrons. The lowest BCUT2D eigenvalue weighted by Crippen LogP contribution is -2.40. The molecule has 3 aromatic rings. The first kappa shape index (κ1) is 25.9. The summed E-state index contributed by atoms with van der Waals surface area (Å²) in [5.74, 6) is -0.388. The number of likely N-dealkylation sites (N-methyl/N-ethyl adjacent to an activating group) is 1. The Morgan fingerprint density at radius 1 is 1.03 bits per heavy atom. The Kier molecular flexibility index (Phi) is 8.09. The zero-order valence-electron chi connectivity index (χ0n) is 20.8. The number of halogens is 1. The molecule has 4 rings (SSSR count). The Morgan fingerprint density at radius 3 is 2.39 bits per heavy atom. The molecule has 0 bridgehead atoms. The number of carbonyl (C=O) groups excluding carboxylic acids is 2. The first-order chi connectivity index (χ1) is 17.3. The Labute approximate surface area is 217 Å². The zero-order valence-corrected chi connectivity index (χ0v) is 21.6. The van der Waals surface area contributed by atoms with Crippen molar-refractivity contribution in [2.75, 3.05) is 23.8 Å². The van der Waals surface area contributed by atoms with E-state index in [2.05, 4.69) is 16.3 Å². The molecule has 3 atom stereocenters. The number of hydrogen-bond acceptors (Lipinski definition) is 4. The van der Waals surface area contributed by atoms with Gasteiger partial charge in [-0.3, -0.25) is 14.5 Å². The third kappa shape index (κ3) is 5.46. The van der Waals surface area contributed by atoms with Crippen LogP contribution in [0.1, 0.15) is 59.0 Å². The second kappa shape index (κ2) is 11.2. The van der Waals surface area contributed by atoms with E-state index < -0.39 is 6.10 Å². The van der Waals surface area contributed by atoms with Gasteiger partial charge in [0, 0.05) is 35.6 Å². The highest BCUT2D eigenvalue weighted by Gasteiger charge is 2.31. The number of para-hydroxylation sites is 1. The van der Waals surface area contributed by atoms with E-state index in [4.69, 9.17) is 11.6 Å². The van der Waals surface area contributed by atoms with Crippen LogP contribution in [-0.2, 0) is 0 Å². The van der Waals surface area contributed by atoms with Crippen molar-refractivity contribution in [3.63, 3.8) is 0 Å². The van der Waals surface area contributed by atoms with Gasteiger partial charge >= 0.3 is 0 Å². The van der Waals surface area contributed by atoms with Crippen LogP contribution in [0, 0.1) is 0 Å². The van der Waals surface area contributed by atoms with Crippen molar-refractivity contribution >= 4 is 34.8 Å². The van der Waals surface area contributed by atoms with Gasteiger partial charge in [-0.05, 0) is 81.8 Å². The molecule has 0 aromatic heterocycles. The van der Waals surface area contributed by atoms with Gasteiger partial charge in [0.25, 0.3) is 11.8 Å². The lowest BCUT2D eigenvalue weighted by Gasteiger charge is -2.35. The molecule has 3 unspecified atom stereocenters. The third-order valence-corrected chi connectivity index (χ3v) is 7.36. The molecular formula is C29H32ClN3O3. The van der Waals surface area contributed by atoms with Gasteiger partial charge < -0.3 is 15.3 Å². The number of nitrogens with one attached hydrogen (secondary N) is 1. The van der Waals surface area contributed by atoms with Crippen LogP contribution in [0.4, 0.5) is 11.4 Å². The minimum absolute atomic E-state index is 0.0150. The van der Waals surface area contributed by atoms with Gasteiger partial charge in [0.15, 0.2) is 0 Å². The Morgan fingerprint density at radius 2 is 1.69 bits per heavy atom. The Balaban J connectivity index is 1.54. The summed E-state index contributed by atoms with van der Waals surface area (Å²) in [7, 11) is 2.03. The van der Waals surface area contributed by atoms with Gasteiger partial charge in [-0.25, -0.2) is 0 Å².